The lowest BCUT2D eigenvalue weighted by atomic mass is 10.1. The van der Waals surface area contributed by atoms with Crippen LogP contribution in [0.25, 0.3) is 0 Å². The first-order chi connectivity index (χ1) is 11.5. The van der Waals surface area contributed by atoms with Gasteiger partial charge in [-0.1, -0.05) is 6.07 Å². The van der Waals surface area contributed by atoms with Gasteiger partial charge >= 0.3 is 5.97 Å². The molecule has 0 aliphatic rings. The Morgan fingerprint density at radius 2 is 2.12 bits per heavy atom. The Labute approximate surface area is 143 Å². The molecule has 128 valence electrons. The van der Waals surface area contributed by atoms with E-state index in [4.69, 9.17) is 9.47 Å². The maximum atomic E-state index is 13.3. The summed E-state index contributed by atoms with van der Waals surface area (Å²) in [5.41, 5.74) is 0.443. The molecule has 24 heavy (non-hydrogen) atoms. The van der Waals surface area contributed by atoms with Crippen molar-refractivity contribution >= 4 is 23.2 Å². The van der Waals surface area contributed by atoms with E-state index < -0.39 is 17.8 Å². The number of rotatable bonds is 7. The second-order valence-electron chi connectivity index (χ2n) is 5.09. The lowest BCUT2D eigenvalue weighted by Gasteiger charge is -2.16. The van der Waals surface area contributed by atoms with E-state index in [-0.39, 0.29) is 18.9 Å². The van der Waals surface area contributed by atoms with Crippen LogP contribution in [-0.4, -0.2) is 19.0 Å². The number of esters is 1. The number of hydrogen-bond acceptors (Lipinski definition) is 5. The van der Waals surface area contributed by atoms with Crippen molar-refractivity contribution in [3.63, 3.8) is 0 Å². The standard InChI is InChI=1S/C17H18FNO4S/c1-11(20)19-14(16-4-3-7-24-16)9-17(21)23-10-12-8-13(18)5-6-15(12)22-2/h3-8,14H,9-10H2,1-2H3,(H,19,20). The monoisotopic (exact) mass is 351 g/mol. The Bertz CT molecular complexity index is 703. The van der Waals surface area contributed by atoms with Gasteiger partial charge in [-0.3, -0.25) is 9.59 Å². The fourth-order valence-electron chi connectivity index (χ4n) is 2.20. The molecule has 0 aliphatic carbocycles. The molecule has 0 aliphatic heterocycles. The summed E-state index contributed by atoms with van der Waals surface area (Å²) in [6, 6.07) is 7.25. The smallest absolute Gasteiger partial charge is 0.308 e. The van der Waals surface area contributed by atoms with Gasteiger partial charge in [0.2, 0.25) is 5.91 Å². The number of ether oxygens (including phenoxy) is 2. The van der Waals surface area contributed by atoms with Gasteiger partial charge in [0.15, 0.2) is 0 Å². The summed E-state index contributed by atoms with van der Waals surface area (Å²) in [4.78, 5) is 24.3. The summed E-state index contributed by atoms with van der Waals surface area (Å²) in [5.74, 6) is -0.709. The van der Waals surface area contributed by atoms with Gasteiger partial charge < -0.3 is 14.8 Å². The second-order valence-corrected chi connectivity index (χ2v) is 6.07. The number of carbonyl (C=O) groups is 2. The Hall–Kier alpha value is -2.41. The number of thiophene rings is 1. The highest BCUT2D eigenvalue weighted by Gasteiger charge is 2.19. The van der Waals surface area contributed by atoms with E-state index in [9.17, 15) is 14.0 Å². The van der Waals surface area contributed by atoms with Crippen molar-refractivity contribution in [2.75, 3.05) is 7.11 Å². The Kier molecular flexibility index (Phi) is 6.31. The maximum Gasteiger partial charge on any atom is 0.308 e. The molecule has 1 N–H and O–H groups in total. The van der Waals surface area contributed by atoms with Crippen molar-refractivity contribution in [3.8, 4) is 5.75 Å². The highest BCUT2D eigenvalue weighted by molar-refractivity contribution is 7.10. The first kappa shape index (κ1) is 17.9. The Morgan fingerprint density at radius 1 is 1.33 bits per heavy atom. The van der Waals surface area contributed by atoms with Crippen LogP contribution >= 0.6 is 11.3 Å². The van der Waals surface area contributed by atoms with Gasteiger partial charge in [0.05, 0.1) is 19.6 Å². The van der Waals surface area contributed by atoms with Crippen molar-refractivity contribution in [1.29, 1.82) is 0 Å². The van der Waals surface area contributed by atoms with Gasteiger partial charge in [-0.15, -0.1) is 11.3 Å². The van der Waals surface area contributed by atoms with Crippen LogP contribution in [-0.2, 0) is 20.9 Å². The van der Waals surface area contributed by atoms with E-state index in [1.54, 1.807) is 0 Å². The number of benzene rings is 1. The average Bonchev–Trinajstić information content (AvgIpc) is 3.06. The van der Waals surface area contributed by atoms with Crippen molar-refractivity contribution < 1.29 is 23.5 Å². The third kappa shape index (κ3) is 5.06. The topological polar surface area (TPSA) is 64.6 Å². The van der Waals surface area contributed by atoms with Crippen LogP contribution in [0.1, 0.15) is 29.8 Å². The van der Waals surface area contributed by atoms with Crippen LogP contribution in [0.4, 0.5) is 4.39 Å². The number of hydrogen-bond donors (Lipinski definition) is 1. The zero-order valence-corrected chi connectivity index (χ0v) is 14.2. The van der Waals surface area contributed by atoms with E-state index in [1.807, 2.05) is 17.5 Å². The minimum Gasteiger partial charge on any atom is -0.496 e. The SMILES string of the molecule is COc1ccc(F)cc1COC(=O)CC(NC(C)=O)c1cccs1. The molecule has 0 saturated heterocycles. The summed E-state index contributed by atoms with van der Waals surface area (Å²) in [7, 11) is 1.46. The molecule has 1 unspecified atom stereocenters. The number of amides is 1. The Morgan fingerprint density at radius 3 is 2.75 bits per heavy atom. The number of methoxy groups -OCH3 is 1. The number of carbonyl (C=O) groups excluding carboxylic acids is 2. The summed E-state index contributed by atoms with van der Waals surface area (Å²) in [6.45, 7) is 1.29. The van der Waals surface area contributed by atoms with Crippen LogP contribution in [0.3, 0.4) is 0 Å². The van der Waals surface area contributed by atoms with E-state index in [1.165, 1.54) is 43.6 Å². The molecule has 2 aromatic rings. The molecule has 5 nitrogen and oxygen atoms in total. The summed E-state index contributed by atoms with van der Waals surface area (Å²) in [5, 5.41) is 4.60. The summed E-state index contributed by atoms with van der Waals surface area (Å²) in [6.07, 6.45) is -0.00226. The van der Waals surface area contributed by atoms with Gasteiger partial charge in [0.25, 0.3) is 0 Å². The highest BCUT2D eigenvalue weighted by atomic mass is 32.1. The first-order valence-corrected chi connectivity index (χ1v) is 8.16. The molecule has 0 spiro atoms. The minimum atomic E-state index is -0.492. The molecule has 1 aromatic carbocycles. The maximum absolute atomic E-state index is 13.3. The molecule has 1 aromatic heterocycles. The highest BCUT2D eigenvalue weighted by Crippen LogP contribution is 2.24. The quantitative estimate of drug-likeness (QED) is 0.778. The van der Waals surface area contributed by atoms with E-state index in [0.29, 0.717) is 11.3 Å². The Balaban J connectivity index is 1.99. The fourth-order valence-corrected chi connectivity index (χ4v) is 2.98. The molecule has 1 atom stereocenters. The van der Waals surface area contributed by atoms with Gasteiger partial charge in [-0.25, -0.2) is 4.39 Å². The van der Waals surface area contributed by atoms with Crippen LogP contribution < -0.4 is 10.1 Å². The largest absolute Gasteiger partial charge is 0.496 e. The predicted molar refractivity (Wildman–Crippen MR) is 88.2 cm³/mol. The summed E-state index contributed by atoms with van der Waals surface area (Å²) < 4.78 is 23.6. The zero-order chi connectivity index (χ0) is 17.5. The molecule has 0 fully saturated rings. The van der Waals surface area contributed by atoms with Crippen molar-refractivity contribution in [3.05, 3.63) is 52.0 Å². The van der Waals surface area contributed by atoms with Crippen LogP contribution in [0, 0.1) is 5.82 Å². The van der Waals surface area contributed by atoms with Gasteiger partial charge in [0.1, 0.15) is 18.2 Å². The third-order valence-corrected chi connectivity index (χ3v) is 4.25. The number of nitrogens with one attached hydrogen (secondary N) is 1. The summed E-state index contributed by atoms with van der Waals surface area (Å²) >= 11 is 1.45. The predicted octanol–water partition coefficient (Wildman–Crippen LogP) is 3.21. The average molecular weight is 351 g/mol. The van der Waals surface area contributed by atoms with E-state index in [2.05, 4.69) is 5.32 Å². The molecule has 0 bridgehead atoms. The van der Waals surface area contributed by atoms with E-state index in [0.717, 1.165) is 4.88 Å². The number of halogens is 1. The van der Waals surface area contributed by atoms with Crippen LogP contribution in [0.15, 0.2) is 35.7 Å². The van der Waals surface area contributed by atoms with Crippen LogP contribution in [0.2, 0.25) is 0 Å². The van der Waals surface area contributed by atoms with Crippen LogP contribution in [0.5, 0.6) is 5.75 Å². The molecular formula is C17H18FNO4S. The van der Waals surface area contributed by atoms with Gasteiger partial charge in [0, 0.05) is 17.4 Å². The fraction of sp³-hybridized carbons (Fsp3) is 0.294. The molecule has 1 heterocycles. The van der Waals surface area contributed by atoms with Gasteiger partial charge in [-0.2, -0.15) is 0 Å². The normalized spacial score (nSPS) is 11.6. The molecule has 7 heteroatoms. The van der Waals surface area contributed by atoms with Gasteiger partial charge in [-0.05, 0) is 29.6 Å². The lowest BCUT2D eigenvalue weighted by molar-refractivity contribution is -0.145. The minimum absolute atomic E-state index is 0.00226. The van der Waals surface area contributed by atoms with Crippen molar-refractivity contribution in [2.45, 2.75) is 26.0 Å². The second kappa shape index (κ2) is 8.44. The lowest BCUT2D eigenvalue weighted by Crippen LogP contribution is -2.28. The zero-order valence-electron chi connectivity index (χ0n) is 13.4. The molecule has 1 amide bonds. The molecular weight excluding hydrogens is 333 g/mol. The molecule has 0 saturated carbocycles. The molecule has 2 rings (SSSR count). The van der Waals surface area contributed by atoms with Crippen molar-refractivity contribution in [2.24, 2.45) is 0 Å². The first-order valence-electron chi connectivity index (χ1n) is 7.28. The van der Waals surface area contributed by atoms with E-state index >= 15 is 0 Å². The van der Waals surface area contributed by atoms with Crippen molar-refractivity contribution in [1.82, 2.24) is 5.32 Å². The third-order valence-electron chi connectivity index (χ3n) is 3.27. The molecule has 0 radical (unpaired) electrons.